The van der Waals surface area contributed by atoms with Crippen LogP contribution in [0.4, 0.5) is 0 Å². The van der Waals surface area contributed by atoms with Crippen LogP contribution >= 0.6 is 0 Å². The van der Waals surface area contributed by atoms with Crippen LogP contribution in [0, 0.1) is 0 Å². The number of nitrogens with one attached hydrogen (secondary N) is 1. The number of carbonyl (C=O) groups excluding carboxylic acids is 2. The summed E-state index contributed by atoms with van der Waals surface area (Å²) in [4.78, 5) is 26.0. The van der Waals surface area contributed by atoms with Gasteiger partial charge in [-0.15, -0.1) is 0 Å². The van der Waals surface area contributed by atoms with Gasteiger partial charge in [-0.3, -0.25) is 9.59 Å². The molecule has 0 aliphatic carbocycles. The SMILES string of the molecule is CC/C=C/C=C/C=C\C=C/CCCC(CC(=O)NC(CO)C(O)CCCCCCCCCCCCC)OC(=O)CCCCCCC/C=C/C=C/C=C/C=C/C=C/CCC. The molecule has 0 aromatic heterocycles. The van der Waals surface area contributed by atoms with Gasteiger partial charge in [0.1, 0.15) is 6.10 Å². The molecule has 0 spiro atoms. The number of hydrogen-bond donors (Lipinski definition) is 3. The van der Waals surface area contributed by atoms with Crippen LogP contribution in [0.25, 0.3) is 0 Å². The van der Waals surface area contributed by atoms with Crippen molar-refractivity contribution in [2.75, 3.05) is 6.61 Å². The Morgan fingerprint density at radius 3 is 1.49 bits per heavy atom. The molecule has 3 unspecified atom stereocenters. The lowest BCUT2D eigenvalue weighted by Crippen LogP contribution is -2.46. The third-order valence-electron chi connectivity index (χ3n) is 10.0. The number of esters is 1. The van der Waals surface area contributed by atoms with Gasteiger partial charge in [0.2, 0.25) is 5.91 Å². The second-order valence-corrected chi connectivity index (χ2v) is 15.6. The minimum atomic E-state index is -0.815. The molecule has 0 aliphatic rings. The van der Waals surface area contributed by atoms with E-state index in [1.54, 1.807) is 0 Å². The molecule has 59 heavy (non-hydrogen) atoms. The van der Waals surface area contributed by atoms with Crippen molar-refractivity contribution < 1.29 is 24.5 Å². The largest absolute Gasteiger partial charge is 0.462 e. The molecular formula is C53H87NO5. The van der Waals surface area contributed by atoms with Gasteiger partial charge >= 0.3 is 5.97 Å². The molecule has 3 atom stereocenters. The van der Waals surface area contributed by atoms with Gasteiger partial charge in [0, 0.05) is 6.42 Å². The van der Waals surface area contributed by atoms with E-state index in [1.807, 2.05) is 66.8 Å². The summed E-state index contributed by atoms with van der Waals surface area (Å²) in [6.45, 7) is 6.19. The maximum absolute atomic E-state index is 13.1. The Kier molecular flexibility index (Phi) is 42.9. The Bertz CT molecular complexity index is 1240. The molecule has 0 rings (SSSR count). The van der Waals surface area contributed by atoms with Gasteiger partial charge in [0.05, 0.1) is 25.2 Å². The quantitative estimate of drug-likeness (QED) is 0.0325. The molecular weight excluding hydrogens is 731 g/mol. The minimum Gasteiger partial charge on any atom is -0.462 e. The average Bonchev–Trinajstić information content (AvgIpc) is 3.23. The number of unbranched alkanes of at least 4 members (excludes halogenated alkanes) is 17. The Morgan fingerprint density at radius 1 is 0.508 bits per heavy atom. The Morgan fingerprint density at radius 2 is 0.966 bits per heavy atom. The first kappa shape index (κ1) is 55.5. The second-order valence-electron chi connectivity index (χ2n) is 15.6. The van der Waals surface area contributed by atoms with E-state index < -0.39 is 18.2 Å². The zero-order chi connectivity index (χ0) is 43.1. The maximum atomic E-state index is 13.1. The molecule has 0 aliphatic heterocycles. The molecule has 1 amide bonds. The van der Waals surface area contributed by atoms with Crippen molar-refractivity contribution >= 4 is 11.9 Å². The first-order valence-electron chi connectivity index (χ1n) is 23.7. The smallest absolute Gasteiger partial charge is 0.306 e. The van der Waals surface area contributed by atoms with E-state index in [4.69, 9.17) is 4.74 Å². The van der Waals surface area contributed by atoms with E-state index in [1.165, 1.54) is 57.8 Å². The van der Waals surface area contributed by atoms with Crippen molar-refractivity contribution in [2.45, 2.75) is 206 Å². The fourth-order valence-electron chi connectivity index (χ4n) is 6.47. The third-order valence-corrected chi connectivity index (χ3v) is 10.0. The van der Waals surface area contributed by atoms with Gasteiger partial charge in [-0.05, 0) is 57.8 Å². The summed E-state index contributed by atoms with van der Waals surface area (Å²) in [6, 6.07) is -0.734. The Hall–Kier alpha value is -3.48. The molecule has 0 saturated carbocycles. The molecule has 3 N–H and O–H groups in total. The molecule has 334 valence electrons. The maximum Gasteiger partial charge on any atom is 0.306 e. The monoisotopic (exact) mass is 818 g/mol. The van der Waals surface area contributed by atoms with Crippen LogP contribution in [0.5, 0.6) is 0 Å². The number of ether oxygens (including phenoxy) is 1. The first-order valence-corrected chi connectivity index (χ1v) is 23.7. The molecule has 0 aromatic rings. The number of aliphatic hydroxyl groups excluding tert-OH is 2. The lowest BCUT2D eigenvalue weighted by Gasteiger charge is -2.24. The van der Waals surface area contributed by atoms with Crippen LogP contribution in [0.3, 0.4) is 0 Å². The van der Waals surface area contributed by atoms with E-state index in [2.05, 4.69) is 68.6 Å². The molecule has 0 bridgehead atoms. The zero-order valence-corrected chi connectivity index (χ0v) is 37.8. The molecule has 0 saturated heterocycles. The predicted molar refractivity (Wildman–Crippen MR) is 254 cm³/mol. The van der Waals surface area contributed by atoms with Crippen LogP contribution in [-0.4, -0.2) is 46.9 Å². The number of amides is 1. The van der Waals surface area contributed by atoms with E-state index >= 15 is 0 Å². The molecule has 6 heteroatoms. The standard InChI is InChI=1S/C53H87NO5/c1-4-7-10-13-16-19-22-23-24-25-26-27-28-31-34-37-40-43-46-53(58)59-49(44-41-38-35-32-29-20-17-14-11-8-5-2)47-52(57)54-50(48-55)51(56)45-42-39-36-33-30-21-18-15-12-9-6-3/h8,10-11,13-14,16-17,19-20,22-27,29,32,35,49-51,55-56H,4-7,9,12,15,18,21,28,30-31,33-34,36-48H2,1-3H3,(H,54,57)/b11-8+,13-10+,17-14+,19-16+,23-22+,25-24+,27-26+,29-20-,35-32-. The fraction of sp³-hybridized carbons (Fsp3) is 0.623. The van der Waals surface area contributed by atoms with Crippen LogP contribution < -0.4 is 5.32 Å². The van der Waals surface area contributed by atoms with Gasteiger partial charge in [0.25, 0.3) is 0 Å². The van der Waals surface area contributed by atoms with E-state index in [0.29, 0.717) is 19.3 Å². The molecule has 0 radical (unpaired) electrons. The van der Waals surface area contributed by atoms with Crippen LogP contribution in [0.1, 0.15) is 188 Å². The molecule has 6 nitrogen and oxygen atoms in total. The fourth-order valence-corrected chi connectivity index (χ4v) is 6.47. The summed E-state index contributed by atoms with van der Waals surface area (Å²) >= 11 is 0. The highest BCUT2D eigenvalue weighted by Crippen LogP contribution is 2.16. The topological polar surface area (TPSA) is 95.9 Å². The summed E-state index contributed by atoms with van der Waals surface area (Å²) in [7, 11) is 0. The van der Waals surface area contributed by atoms with Crippen LogP contribution in [0.15, 0.2) is 109 Å². The average molecular weight is 818 g/mol. The number of allylic oxidation sites excluding steroid dienone is 18. The normalized spacial score (nSPS) is 14.3. The van der Waals surface area contributed by atoms with E-state index in [9.17, 15) is 19.8 Å². The summed E-state index contributed by atoms with van der Waals surface area (Å²) in [5, 5.41) is 23.6. The van der Waals surface area contributed by atoms with Crippen molar-refractivity contribution in [1.82, 2.24) is 5.32 Å². The number of aliphatic hydroxyl groups is 2. The van der Waals surface area contributed by atoms with Gasteiger partial charge in [0.15, 0.2) is 0 Å². The Balaban J connectivity index is 4.71. The van der Waals surface area contributed by atoms with Crippen molar-refractivity contribution in [3.05, 3.63) is 109 Å². The lowest BCUT2D eigenvalue weighted by molar-refractivity contribution is -0.151. The first-order chi connectivity index (χ1) is 29.0. The van der Waals surface area contributed by atoms with Crippen molar-refractivity contribution in [3.63, 3.8) is 0 Å². The Labute approximate surface area is 362 Å². The highest BCUT2D eigenvalue weighted by molar-refractivity contribution is 5.77. The van der Waals surface area contributed by atoms with Gasteiger partial charge in [-0.1, -0.05) is 226 Å². The lowest BCUT2D eigenvalue weighted by atomic mass is 10.0. The number of rotatable bonds is 40. The highest BCUT2D eigenvalue weighted by Gasteiger charge is 2.24. The molecule has 0 fully saturated rings. The highest BCUT2D eigenvalue weighted by atomic mass is 16.5. The van der Waals surface area contributed by atoms with Crippen molar-refractivity contribution in [3.8, 4) is 0 Å². The summed E-state index contributed by atoms with van der Waals surface area (Å²) in [5.41, 5.74) is 0. The molecule has 0 heterocycles. The summed E-state index contributed by atoms with van der Waals surface area (Å²) in [5.74, 6) is -0.584. The molecule has 0 aromatic carbocycles. The van der Waals surface area contributed by atoms with Crippen molar-refractivity contribution in [2.24, 2.45) is 0 Å². The second kappa shape index (κ2) is 45.6. The van der Waals surface area contributed by atoms with Crippen LogP contribution in [-0.2, 0) is 14.3 Å². The predicted octanol–water partition coefficient (Wildman–Crippen LogP) is 13.9. The minimum absolute atomic E-state index is 0.0137. The number of hydrogen-bond acceptors (Lipinski definition) is 5. The van der Waals surface area contributed by atoms with Crippen molar-refractivity contribution in [1.29, 1.82) is 0 Å². The van der Waals surface area contributed by atoms with E-state index in [0.717, 1.165) is 83.5 Å². The van der Waals surface area contributed by atoms with Gasteiger partial charge in [-0.25, -0.2) is 0 Å². The van der Waals surface area contributed by atoms with Crippen LogP contribution in [0.2, 0.25) is 0 Å². The summed E-state index contributed by atoms with van der Waals surface area (Å²) < 4.78 is 5.86. The number of carbonyl (C=O) groups is 2. The summed E-state index contributed by atoms with van der Waals surface area (Å²) in [6.07, 6.45) is 61.5. The van der Waals surface area contributed by atoms with E-state index in [-0.39, 0.29) is 24.9 Å². The zero-order valence-electron chi connectivity index (χ0n) is 37.8. The van der Waals surface area contributed by atoms with Gasteiger partial charge in [-0.2, -0.15) is 0 Å². The third kappa shape index (κ3) is 41.1. The van der Waals surface area contributed by atoms with Gasteiger partial charge < -0.3 is 20.3 Å².